The maximum Gasteiger partial charge on any atom is 0.138 e. The van der Waals surface area contributed by atoms with E-state index in [4.69, 9.17) is 9.97 Å². The third-order valence-corrected chi connectivity index (χ3v) is 6.01. The molecule has 1 aromatic carbocycles. The van der Waals surface area contributed by atoms with Gasteiger partial charge in [-0.15, -0.1) is 0 Å². The van der Waals surface area contributed by atoms with Gasteiger partial charge in [0.2, 0.25) is 0 Å². The van der Waals surface area contributed by atoms with Crippen LogP contribution in [-0.4, -0.2) is 19.4 Å². The second kappa shape index (κ2) is 11.2. The molecule has 33 heavy (non-hydrogen) atoms. The summed E-state index contributed by atoms with van der Waals surface area (Å²) in [4.78, 5) is 14.5. The molecule has 4 aromatic rings. The van der Waals surface area contributed by atoms with Gasteiger partial charge in [0.25, 0.3) is 0 Å². The summed E-state index contributed by atoms with van der Waals surface area (Å²) < 4.78 is 2.16. The predicted octanol–water partition coefficient (Wildman–Crippen LogP) is 7.58. The van der Waals surface area contributed by atoms with Crippen molar-refractivity contribution in [3.8, 4) is 22.6 Å². The molecule has 0 amide bonds. The normalized spacial score (nSPS) is 12.0. The first-order valence-corrected chi connectivity index (χ1v) is 12.3. The van der Waals surface area contributed by atoms with E-state index in [1.54, 1.807) is 0 Å². The molecule has 3 heterocycles. The number of hydrogen-bond acceptors (Lipinski definition) is 3. The van der Waals surface area contributed by atoms with Crippen molar-refractivity contribution in [3.05, 3.63) is 71.8 Å². The zero-order chi connectivity index (χ0) is 24.0. The zero-order valence-corrected chi connectivity index (χ0v) is 21.3. The molecule has 0 bridgehead atoms. The van der Waals surface area contributed by atoms with Gasteiger partial charge >= 0.3 is 0 Å². The van der Waals surface area contributed by atoms with Gasteiger partial charge in [0, 0.05) is 24.4 Å². The molecule has 0 spiro atoms. The van der Waals surface area contributed by atoms with Crippen LogP contribution in [0.25, 0.3) is 28.3 Å². The van der Waals surface area contributed by atoms with E-state index in [1.807, 2.05) is 12.3 Å². The summed E-state index contributed by atoms with van der Waals surface area (Å²) in [6.45, 7) is 15.3. The number of aromatic nitrogens is 4. The molecule has 1 atom stereocenters. The molecule has 0 N–H and O–H groups in total. The monoisotopic (exact) mass is 442 g/mol. The number of imidazole rings is 1. The Kier molecular flexibility index (Phi) is 8.37. The van der Waals surface area contributed by atoms with Crippen molar-refractivity contribution in [1.82, 2.24) is 19.4 Å². The highest BCUT2D eigenvalue weighted by Crippen LogP contribution is 2.32. The Balaban J connectivity index is 0.000000968. The highest BCUT2D eigenvalue weighted by atomic mass is 15.0. The number of benzene rings is 1. The minimum absolute atomic E-state index is 0.533. The van der Waals surface area contributed by atoms with E-state index < -0.39 is 0 Å². The fourth-order valence-corrected chi connectivity index (χ4v) is 3.62. The van der Waals surface area contributed by atoms with Crippen molar-refractivity contribution in [2.24, 2.45) is 11.8 Å². The largest absolute Gasteiger partial charge is 0.298 e. The number of aryl methyl sites for hydroxylation is 2. The summed E-state index contributed by atoms with van der Waals surface area (Å²) in [6, 6.07) is 14.9. The van der Waals surface area contributed by atoms with Crippen LogP contribution >= 0.6 is 0 Å². The number of fused-ring (bicyclic) bond motifs is 1. The first-order chi connectivity index (χ1) is 15.9. The second-order valence-corrected chi connectivity index (χ2v) is 9.28. The van der Waals surface area contributed by atoms with Gasteiger partial charge in [-0.25, -0.2) is 15.0 Å². The molecule has 0 saturated heterocycles. The molecule has 0 aliphatic rings. The minimum atomic E-state index is 0.533. The Hall–Kier alpha value is -3.01. The van der Waals surface area contributed by atoms with Crippen LogP contribution in [0, 0.1) is 18.8 Å². The van der Waals surface area contributed by atoms with Crippen LogP contribution in [-0.2, 0) is 12.8 Å². The summed E-state index contributed by atoms with van der Waals surface area (Å²) in [5.74, 6) is 2.03. The highest BCUT2D eigenvalue weighted by molar-refractivity contribution is 5.80. The molecule has 174 valence electrons. The maximum absolute atomic E-state index is 5.02. The maximum atomic E-state index is 5.02. The third kappa shape index (κ3) is 5.87. The van der Waals surface area contributed by atoms with E-state index in [0.29, 0.717) is 11.8 Å². The number of pyridine rings is 1. The molecule has 4 heteroatoms. The lowest BCUT2D eigenvalue weighted by molar-refractivity contribution is 0.409. The van der Waals surface area contributed by atoms with E-state index in [2.05, 4.69) is 100 Å². The summed E-state index contributed by atoms with van der Waals surface area (Å²) in [5.41, 5.74) is 7.49. The van der Waals surface area contributed by atoms with Crippen molar-refractivity contribution in [1.29, 1.82) is 0 Å². The van der Waals surface area contributed by atoms with Crippen LogP contribution in [0.3, 0.4) is 0 Å². The van der Waals surface area contributed by atoms with Gasteiger partial charge in [-0.1, -0.05) is 77.8 Å². The zero-order valence-electron chi connectivity index (χ0n) is 21.3. The molecular formula is C29H38N4. The minimum Gasteiger partial charge on any atom is -0.298 e. The number of rotatable bonds is 6. The quantitative estimate of drug-likeness (QED) is 0.309. The molecule has 0 fully saturated rings. The van der Waals surface area contributed by atoms with Crippen molar-refractivity contribution < 1.29 is 0 Å². The summed E-state index contributed by atoms with van der Waals surface area (Å²) in [5, 5.41) is 0. The molecule has 0 radical (unpaired) electrons. The van der Waals surface area contributed by atoms with Gasteiger partial charge in [0.1, 0.15) is 11.5 Å². The molecular weight excluding hydrogens is 404 g/mol. The fraction of sp³-hybridized carbons (Fsp3) is 0.414. The Morgan fingerprint density at radius 1 is 0.909 bits per heavy atom. The van der Waals surface area contributed by atoms with Gasteiger partial charge in [-0.3, -0.25) is 4.40 Å². The Bertz CT molecular complexity index is 1170. The van der Waals surface area contributed by atoms with Crippen molar-refractivity contribution in [3.63, 3.8) is 0 Å². The second-order valence-electron chi connectivity index (χ2n) is 9.28. The van der Waals surface area contributed by atoms with Gasteiger partial charge < -0.3 is 0 Å². The average Bonchev–Trinajstić information content (AvgIpc) is 3.18. The molecule has 4 rings (SSSR count). The van der Waals surface area contributed by atoms with E-state index in [0.717, 1.165) is 47.0 Å². The number of hydrogen-bond donors (Lipinski definition) is 0. The standard InChI is InChI=1S/C26H30N4.C3H8/c1-6-20-12-14-30-24(16-20)29-25(21-9-7-18(4)8-10-21)26(30)22-11-13-27-23(28-22)15-19(5)17(2)3;1-3-2/h7-14,16-17,19H,6,15H2,1-5H3;3H2,1-2H3. The predicted molar refractivity (Wildman–Crippen MR) is 139 cm³/mol. The van der Waals surface area contributed by atoms with Gasteiger partial charge in [0.05, 0.1) is 17.1 Å². The molecule has 4 nitrogen and oxygen atoms in total. The molecule has 3 aromatic heterocycles. The van der Waals surface area contributed by atoms with Crippen molar-refractivity contribution in [2.45, 2.75) is 67.7 Å². The Labute approximate surface area is 199 Å². The smallest absolute Gasteiger partial charge is 0.138 e. The van der Waals surface area contributed by atoms with E-state index in [-0.39, 0.29) is 0 Å². The molecule has 0 saturated carbocycles. The first kappa shape index (κ1) is 24.6. The van der Waals surface area contributed by atoms with E-state index in [1.165, 1.54) is 17.5 Å². The first-order valence-electron chi connectivity index (χ1n) is 12.3. The van der Waals surface area contributed by atoms with Crippen LogP contribution < -0.4 is 0 Å². The van der Waals surface area contributed by atoms with E-state index in [9.17, 15) is 0 Å². The lowest BCUT2D eigenvalue weighted by atomic mass is 9.94. The Morgan fingerprint density at radius 2 is 1.61 bits per heavy atom. The van der Waals surface area contributed by atoms with Crippen LogP contribution in [0.5, 0.6) is 0 Å². The number of nitrogens with zero attached hydrogens (tertiary/aromatic N) is 4. The highest BCUT2D eigenvalue weighted by Gasteiger charge is 2.19. The van der Waals surface area contributed by atoms with Crippen LogP contribution in [0.15, 0.2) is 54.9 Å². The SMILES string of the molecule is CCC.CCc1ccn2c(-c3ccnc(CC(C)C(C)C)n3)c(-c3ccc(C)cc3)nc2c1. The van der Waals surface area contributed by atoms with Crippen LogP contribution in [0.4, 0.5) is 0 Å². The third-order valence-electron chi connectivity index (χ3n) is 6.01. The molecule has 1 unspecified atom stereocenters. The van der Waals surface area contributed by atoms with Gasteiger partial charge in [-0.05, 0) is 48.9 Å². The van der Waals surface area contributed by atoms with Gasteiger partial charge in [0.15, 0.2) is 0 Å². The summed E-state index contributed by atoms with van der Waals surface area (Å²) in [6.07, 6.45) is 7.11. The lowest BCUT2D eigenvalue weighted by Crippen LogP contribution is -2.10. The average molecular weight is 443 g/mol. The lowest BCUT2D eigenvalue weighted by Gasteiger charge is -2.14. The topological polar surface area (TPSA) is 43.1 Å². The van der Waals surface area contributed by atoms with Gasteiger partial charge in [-0.2, -0.15) is 0 Å². The van der Waals surface area contributed by atoms with Crippen molar-refractivity contribution in [2.75, 3.05) is 0 Å². The van der Waals surface area contributed by atoms with Crippen LogP contribution in [0.2, 0.25) is 0 Å². The molecule has 0 aliphatic heterocycles. The summed E-state index contributed by atoms with van der Waals surface area (Å²) in [7, 11) is 0. The van der Waals surface area contributed by atoms with Crippen molar-refractivity contribution >= 4 is 5.65 Å². The fourth-order valence-electron chi connectivity index (χ4n) is 3.62. The van der Waals surface area contributed by atoms with Crippen LogP contribution in [0.1, 0.15) is 64.9 Å². The Morgan fingerprint density at radius 3 is 2.24 bits per heavy atom. The molecule has 0 aliphatic carbocycles. The summed E-state index contributed by atoms with van der Waals surface area (Å²) >= 11 is 0. The van der Waals surface area contributed by atoms with E-state index >= 15 is 0 Å².